The minimum atomic E-state index is -0.506. The van der Waals surface area contributed by atoms with Gasteiger partial charge in [0.2, 0.25) is 0 Å². The minimum Gasteiger partial charge on any atom is -0.481 e. The summed E-state index contributed by atoms with van der Waals surface area (Å²) in [4.78, 5) is 11.6. The molecular weight excluding hydrogens is 333 g/mol. The number of allylic oxidation sites excluding steroid dienone is 1. The van der Waals surface area contributed by atoms with E-state index in [2.05, 4.69) is 23.7 Å². The summed E-state index contributed by atoms with van der Waals surface area (Å²) in [6, 6.07) is 13.6. The zero-order chi connectivity index (χ0) is 18.6. The highest BCUT2D eigenvalue weighted by Crippen LogP contribution is 2.18. The molecule has 2 aromatic carbocycles. The number of carbonyl (C=O) groups is 1. The van der Waals surface area contributed by atoms with Gasteiger partial charge in [0.25, 0.3) is 5.91 Å². The Balaban J connectivity index is 1.68. The average molecular weight is 353 g/mol. The summed E-state index contributed by atoms with van der Waals surface area (Å²) in [5, 5.41) is 2.57. The van der Waals surface area contributed by atoms with Crippen LogP contribution in [0.2, 0.25) is 0 Å². The van der Waals surface area contributed by atoms with E-state index in [0.29, 0.717) is 0 Å². The number of hydrogen-bond donors (Lipinski definition) is 1. The lowest BCUT2D eigenvalue weighted by atomic mass is 10.1. The summed E-state index contributed by atoms with van der Waals surface area (Å²) < 4.78 is 24.1. The molecule has 0 aromatic heterocycles. The van der Waals surface area contributed by atoms with Gasteiger partial charge in [0, 0.05) is 0 Å². The fraction of sp³-hybridized carbons (Fsp3) is 0.190. The molecule has 134 valence electrons. The van der Waals surface area contributed by atoms with Gasteiger partial charge >= 0.3 is 0 Å². The second-order valence-electron chi connectivity index (χ2n) is 5.24. The van der Waals surface area contributed by atoms with E-state index >= 15 is 0 Å². The van der Waals surface area contributed by atoms with E-state index in [1.807, 2.05) is 30.3 Å². The molecule has 0 radical (unpaired) electrons. The predicted molar refractivity (Wildman–Crippen MR) is 98.5 cm³/mol. The first-order valence-corrected chi connectivity index (χ1v) is 8.12. The molecule has 2 rings (SSSR count). The third-order valence-electron chi connectivity index (χ3n) is 3.33. The molecule has 0 atom stereocenters. The number of rotatable bonds is 8. The molecule has 0 bridgehead atoms. The summed E-state index contributed by atoms with van der Waals surface area (Å²) in [5.74, 6) is 5.55. The molecule has 0 aliphatic rings. The standard InChI is InChI=1S/C21H20FNO3/c1-2-9-17-10-3-5-12-19(17)25-15-8-7-14-23-21(24)16-26-20-13-6-4-11-18(20)22/h2-6,10-13H,1,9,14-16H2,(H,23,24). The Morgan fingerprint density at radius 3 is 2.58 bits per heavy atom. The van der Waals surface area contributed by atoms with Gasteiger partial charge in [-0.2, -0.15) is 0 Å². The molecule has 0 spiro atoms. The Morgan fingerprint density at radius 1 is 1.08 bits per heavy atom. The molecule has 0 fully saturated rings. The van der Waals surface area contributed by atoms with Crippen LogP contribution in [0, 0.1) is 17.7 Å². The van der Waals surface area contributed by atoms with E-state index in [9.17, 15) is 9.18 Å². The summed E-state index contributed by atoms with van der Waals surface area (Å²) in [7, 11) is 0. The van der Waals surface area contributed by atoms with Crippen LogP contribution < -0.4 is 14.8 Å². The molecule has 0 saturated heterocycles. The Morgan fingerprint density at radius 2 is 1.81 bits per heavy atom. The van der Waals surface area contributed by atoms with E-state index < -0.39 is 5.82 Å². The van der Waals surface area contributed by atoms with Crippen molar-refractivity contribution in [2.75, 3.05) is 19.8 Å². The maximum Gasteiger partial charge on any atom is 0.258 e. The quantitative estimate of drug-likeness (QED) is 0.586. The molecule has 4 nitrogen and oxygen atoms in total. The van der Waals surface area contributed by atoms with Crippen LogP contribution in [-0.4, -0.2) is 25.7 Å². The highest BCUT2D eigenvalue weighted by atomic mass is 19.1. The highest BCUT2D eigenvalue weighted by Gasteiger charge is 2.05. The highest BCUT2D eigenvalue weighted by molar-refractivity contribution is 5.77. The predicted octanol–water partition coefficient (Wildman–Crippen LogP) is 3.13. The molecule has 0 saturated carbocycles. The summed E-state index contributed by atoms with van der Waals surface area (Å²) in [6.45, 7) is 3.83. The number of ether oxygens (including phenoxy) is 2. The zero-order valence-electron chi connectivity index (χ0n) is 14.3. The molecule has 5 heteroatoms. The van der Waals surface area contributed by atoms with Gasteiger partial charge in [-0.3, -0.25) is 4.79 Å². The van der Waals surface area contributed by atoms with E-state index in [1.54, 1.807) is 12.1 Å². The minimum absolute atomic E-state index is 0.0420. The smallest absolute Gasteiger partial charge is 0.258 e. The van der Waals surface area contributed by atoms with Crippen LogP contribution in [0.1, 0.15) is 5.56 Å². The summed E-state index contributed by atoms with van der Waals surface area (Å²) >= 11 is 0. The molecule has 26 heavy (non-hydrogen) atoms. The normalized spacial score (nSPS) is 9.58. The van der Waals surface area contributed by atoms with Crippen molar-refractivity contribution in [1.82, 2.24) is 5.32 Å². The lowest BCUT2D eigenvalue weighted by Crippen LogP contribution is -2.29. The molecule has 0 heterocycles. The van der Waals surface area contributed by atoms with E-state index in [0.717, 1.165) is 17.7 Å². The van der Waals surface area contributed by atoms with Gasteiger partial charge in [0.1, 0.15) is 12.4 Å². The lowest BCUT2D eigenvalue weighted by molar-refractivity contribution is -0.122. The second-order valence-corrected chi connectivity index (χ2v) is 5.24. The zero-order valence-corrected chi connectivity index (χ0v) is 14.3. The Hall–Kier alpha value is -3.26. The van der Waals surface area contributed by atoms with Crippen molar-refractivity contribution in [3.63, 3.8) is 0 Å². The van der Waals surface area contributed by atoms with Gasteiger partial charge in [-0.25, -0.2) is 4.39 Å². The van der Waals surface area contributed by atoms with Crippen LogP contribution in [0.15, 0.2) is 61.2 Å². The number of nitrogens with one attached hydrogen (secondary N) is 1. The van der Waals surface area contributed by atoms with Gasteiger partial charge in [0.05, 0.1) is 6.54 Å². The molecule has 0 aliphatic carbocycles. The Kier molecular flexibility index (Phi) is 7.75. The molecule has 1 N–H and O–H groups in total. The first-order valence-electron chi connectivity index (χ1n) is 8.12. The van der Waals surface area contributed by atoms with Crippen LogP contribution in [-0.2, 0) is 11.2 Å². The van der Waals surface area contributed by atoms with Gasteiger partial charge in [-0.05, 0) is 30.2 Å². The topological polar surface area (TPSA) is 47.6 Å². The molecule has 0 unspecified atom stereocenters. The maximum atomic E-state index is 13.3. The molecule has 0 aliphatic heterocycles. The molecule has 2 aromatic rings. The SMILES string of the molecule is C=CCc1ccccc1OCC#CCNC(=O)COc1ccccc1F. The van der Waals surface area contributed by atoms with Crippen LogP contribution in [0.4, 0.5) is 4.39 Å². The van der Waals surface area contributed by atoms with Crippen molar-refractivity contribution in [3.8, 4) is 23.3 Å². The Labute approximate surface area is 152 Å². The van der Waals surface area contributed by atoms with Gasteiger partial charge in [0.15, 0.2) is 18.2 Å². The van der Waals surface area contributed by atoms with Crippen molar-refractivity contribution in [3.05, 3.63) is 72.6 Å². The van der Waals surface area contributed by atoms with Crippen LogP contribution in [0.3, 0.4) is 0 Å². The monoisotopic (exact) mass is 353 g/mol. The van der Waals surface area contributed by atoms with Gasteiger partial charge < -0.3 is 14.8 Å². The summed E-state index contributed by atoms with van der Waals surface area (Å²) in [6.07, 6.45) is 2.54. The van der Waals surface area contributed by atoms with Crippen molar-refractivity contribution >= 4 is 5.91 Å². The van der Waals surface area contributed by atoms with Crippen LogP contribution in [0.5, 0.6) is 11.5 Å². The number of halogens is 1. The largest absolute Gasteiger partial charge is 0.481 e. The van der Waals surface area contributed by atoms with Crippen molar-refractivity contribution in [1.29, 1.82) is 0 Å². The van der Waals surface area contributed by atoms with Crippen molar-refractivity contribution < 1.29 is 18.7 Å². The second kappa shape index (κ2) is 10.6. The molecule has 1 amide bonds. The Bertz CT molecular complexity index is 808. The van der Waals surface area contributed by atoms with Gasteiger partial charge in [-0.1, -0.05) is 48.2 Å². The number of benzene rings is 2. The fourth-order valence-corrected chi connectivity index (χ4v) is 2.10. The average Bonchev–Trinajstić information content (AvgIpc) is 2.65. The lowest BCUT2D eigenvalue weighted by Gasteiger charge is -2.07. The molecular formula is C21H20FNO3. The van der Waals surface area contributed by atoms with Crippen LogP contribution >= 0.6 is 0 Å². The first-order chi connectivity index (χ1) is 12.7. The number of carbonyl (C=O) groups excluding carboxylic acids is 1. The number of amides is 1. The van der Waals surface area contributed by atoms with Crippen molar-refractivity contribution in [2.24, 2.45) is 0 Å². The summed E-state index contributed by atoms with van der Waals surface area (Å²) in [5.41, 5.74) is 1.04. The van der Waals surface area contributed by atoms with Gasteiger partial charge in [-0.15, -0.1) is 6.58 Å². The third-order valence-corrected chi connectivity index (χ3v) is 3.33. The maximum absolute atomic E-state index is 13.3. The first kappa shape index (κ1) is 19.1. The van der Waals surface area contributed by atoms with E-state index in [4.69, 9.17) is 9.47 Å². The third kappa shape index (κ3) is 6.33. The van der Waals surface area contributed by atoms with E-state index in [-0.39, 0.29) is 31.4 Å². The number of hydrogen-bond acceptors (Lipinski definition) is 3. The fourth-order valence-electron chi connectivity index (χ4n) is 2.10. The van der Waals surface area contributed by atoms with E-state index in [1.165, 1.54) is 12.1 Å². The van der Waals surface area contributed by atoms with Crippen molar-refractivity contribution in [2.45, 2.75) is 6.42 Å². The number of para-hydroxylation sites is 2. The van der Waals surface area contributed by atoms with Crippen LogP contribution in [0.25, 0.3) is 0 Å².